The van der Waals surface area contributed by atoms with Gasteiger partial charge in [0.15, 0.2) is 0 Å². The second kappa shape index (κ2) is 7.08. The fourth-order valence-electron chi connectivity index (χ4n) is 3.02. The van der Waals surface area contributed by atoms with Gasteiger partial charge >= 0.3 is 0 Å². The van der Waals surface area contributed by atoms with Crippen LogP contribution in [0.3, 0.4) is 0 Å². The third-order valence-corrected chi connectivity index (χ3v) is 4.30. The van der Waals surface area contributed by atoms with E-state index in [-0.39, 0.29) is 5.91 Å². The van der Waals surface area contributed by atoms with Gasteiger partial charge in [0.25, 0.3) is 5.91 Å². The highest BCUT2D eigenvalue weighted by molar-refractivity contribution is 5.96. The molecule has 1 fully saturated rings. The topological polar surface area (TPSA) is 87.4 Å². The lowest BCUT2D eigenvalue weighted by atomic mass is 10.1. The minimum absolute atomic E-state index is 0.0191. The molecule has 1 saturated heterocycles. The monoisotopic (exact) mass is 344 g/mol. The highest BCUT2D eigenvalue weighted by Gasteiger charge is 2.27. The minimum atomic E-state index is -0.0191. The Hall–Kier alpha value is -2.64. The summed E-state index contributed by atoms with van der Waals surface area (Å²) in [4.78, 5) is 25.8. The lowest BCUT2D eigenvalue weighted by molar-refractivity contribution is 0.0744. The molecule has 2 aromatic rings. The van der Waals surface area contributed by atoms with E-state index < -0.39 is 0 Å². The summed E-state index contributed by atoms with van der Waals surface area (Å²) >= 11 is 0. The molecule has 0 radical (unpaired) electrons. The van der Waals surface area contributed by atoms with Crippen molar-refractivity contribution in [3.8, 4) is 0 Å². The molecule has 8 heteroatoms. The van der Waals surface area contributed by atoms with Crippen LogP contribution in [0.25, 0.3) is 0 Å². The van der Waals surface area contributed by atoms with Crippen LogP contribution in [0.1, 0.15) is 34.4 Å². The quantitative estimate of drug-likeness (QED) is 0.904. The number of anilines is 2. The summed E-state index contributed by atoms with van der Waals surface area (Å²) in [6.45, 7) is 11.0. The second-order valence-electron chi connectivity index (χ2n) is 6.20. The van der Waals surface area contributed by atoms with Gasteiger partial charge in [-0.15, -0.1) is 0 Å². The first-order valence-electron chi connectivity index (χ1n) is 8.56. The van der Waals surface area contributed by atoms with Gasteiger partial charge in [-0.1, -0.05) is 5.16 Å². The number of aromatic nitrogens is 3. The van der Waals surface area contributed by atoms with Crippen LogP contribution >= 0.6 is 0 Å². The largest absolute Gasteiger partial charge is 0.370 e. The van der Waals surface area contributed by atoms with Crippen LogP contribution in [-0.2, 0) is 0 Å². The molecular formula is C17H24N6O2. The number of hydrogen-bond donors (Lipinski definition) is 1. The molecule has 2 aromatic heterocycles. The minimum Gasteiger partial charge on any atom is -0.370 e. The van der Waals surface area contributed by atoms with E-state index >= 15 is 0 Å². The van der Waals surface area contributed by atoms with Gasteiger partial charge in [0.05, 0.1) is 5.69 Å². The predicted octanol–water partition coefficient (Wildman–Crippen LogP) is 1.78. The van der Waals surface area contributed by atoms with Gasteiger partial charge in [-0.3, -0.25) is 4.79 Å². The van der Waals surface area contributed by atoms with Crippen LogP contribution in [0.15, 0.2) is 10.6 Å². The molecule has 0 aliphatic carbocycles. The first kappa shape index (κ1) is 17.2. The van der Waals surface area contributed by atoms with Gasteiger partial charge in [0.1, 0.15) is 17.1 Å². The molecule has 134 valence electrons. The Morgan fingerprint density at radius 3 is 2.52 bits per heavy atom. The van der Waals surface area contributed by atoms with E-state index in [9.17, 15) is 4.79 Å². The molecule has 0 spiro atoms. The standard InChI is InChI=1S/C17H24N6O2/c1-5-18-14-10-11(2)19-17(20-14)23-8-6-22(7-9-23)16(24)15-12(3)21-25-13(15)4/h10H,5-9H2,1-4H3,(H,18,19,20). The number of amides is 1. The molecule has 25 heavy (non-hydrogen) atoms. The molecule has 0 atom stereocenters. The van der Waals surface area contributed by atoms with Crippen molar-refractivity contribution in [3.63, 3.8) is 0 Å². The maximum absolute atomic E-state index is 12.7. The molecular weight excluding hydrogens is 320 g/mol. The lowest BCUT2D eigenvalue weighted by Crippen LogP contribution is -2.49. The molecule has 0 unspecified atom stereocenters. The van der Waals surface area contributed by atoms with Crippen molar-refractivity contribution in [1.82, 2.24) is 20.0 Å². The maximum Gasteiger partial charge on any atom is 0.259 e. The van der Waals surface area contributed by atoms with Gasteiger partial charge in [-0.25, -0.2) is 4.98 Å². The average Bonchev–Trinajstić information content (AvgIpc) is 2.93. The predicted molar refractivity (Wildman–Crippen MR) is 95.0 cm³/mol. The summed E-state index contributed by atoms with van der Waals surface area (Å²) in [6, 6.07) is 1.93. The third-order valence-electron chi connectivity index (χ3n) is 4.30. The summed E-state index contributed by atoms with van der Waals surface area (Å²) in [7, 11) is 0. The van der Waals surface area contributed by atoms with Crippen LogP contribution < -0.4 is 10.2 Å². The molecule has 1 aliphatic rings. The highest BCUT2D eigenvalue weighted by Crippen LogP contribution is 2.19. The SMILES string of the molecule is CCNc1cc(C)nc(N2CCN(C(=O)c3c(C)noc3C)CC2)n1. The normalized spacial score (nSPS) is 14.7. The Balaban J connectivity index is 1.69. The van der Waals surface area contributed by atoms with Crippen molar-refractivity contribution in [2.75, 3.05) is 42.9 Å². The van der Waals surface area contributed by atoms with E-state index in [4.69, 9.17) is 4.52 Å². The Kier molecular flexibility index (Phi) is 4.87. The molecule has 0 aromatic carbocycles. The van der Waals surface area contributed by atoms with E-state index in [1.165, 1.54) is 0 Å². The van der Waals surface area contributed by atoms with Gasteiger partial charge in [-0.05, 0) is 27.7 Å². The summed E-state index contributed by atoms with van der Waals surface area (Å²) in [5, 5.41) is 7.10. The Morgan fingerprint density at radius 2 is 1.92 bits per heavy atom. The Bertz CT molecular complexity index is 745. The van der Waals surface area contributed by atoms with E-state index in [1.54, 1.807) is 13.8 Å². The zero-order chi connectivity index (χ0) is 18.0. The van der Waals surface area contributed by atoms with Crippen LogP contribution in [0, 0.1) is 20.8 Å². The van der Waals surface area contributed by atoms with Crippen molar-refractivity contribution >= 4 is 17.7 Å². The molecule has 1 amide bonds. The van der Waals surface area contributed by atoms with Crippen molar-refractivity contribution < 1.29 is 9.32 Å². The lowest BCUT2D eigenvalue weighted by Gasteiger charge is -2.34. The molecule has 3 rings (SSSR count). The van der Waals surface area contributed by atoms with Crippen molar-refractivity contribution in [2.45, 2.75) is 27.7 Å². The fraction of sp³-hybridized carbons (Fsp3) is 0.529. The van der Waals surface area contributed by atoms with Gasteiger partial charge in [0, 0.05) is 44.5 Å². The summed E-state index contributed by atoms with van der Waals surface area (Å²) in [6.07, 6.45) is 0. The number of rotatable bonds is 4. The van der Waals surface area contributed by atoms with Crippen molar-refractivity contribution in [2.24, 2.45) is 0 Å². The van der Waals surface area contributed by atoms with Crippen LogP contribution in [0.4, 0.5) is 11.8 Å². The summed E-state index contributed by atoms with van der Waals surface area (Å²) in [5.41, 5.74) is 2.15. The molecule has 0 bridgehead atoms. The zero-order valence-corrected chi connectivity index (χ0v) is 15.2. The van der Waals surface area contributed by atoms with Gasteiger partial charge in [-0.2, -0.15) is 4.98 Å². The molecule has 1 N–H and O–H groups in total. The summed E-state index contributed by atoms with van der Waals surface area (Å²) < 4.78 is 5.11. The van der Waals surface area contributed by atoms with E-state index in [0.717, 1.165) is 18.1 Å². The number of nitrogens with zero attached hydrogens (tertiary/aromatic N) is 5. The fourth-order valence-corrected chi connectivity index (χ4v) is 3.02. The smallest absolute Gasteiger partial charge is 0.259 e. The van der Waals surface area contributed by atoms with E-state index in [1.807, 2.05) is 24.8 Å². The second-order valence-corrected chi connectivity index (χ2v) is 6.20. The van der Waals surface area contributed by atoms with Crippen LogP contribution in [-0.4, -0.2) is 58.7 Å². The van der Waals surface area contributed by atoms with Gasteiger partial charge in [0.2, 0.25) is 5.95 Å². The number of nitrogens with one attached hydrogen (secondary N) is 1. The Morgan fingerprint density at radius 1 is 1.20 bits per heavy atom. The first-order chi connectivity index (χ1) is 12.0. The van der Waals surface area contributed by atoms with Gasteiger partial charge < -0.3 is 19.6 Å². The molecule has 1 aliphatic heterocycles. The summed E-state index contributed by atoms with van der Waals surface area (Å²) in [5.74, 6) is 2.09. The molecule has 8 nitrogen and oxygen atoms in total. The first-order valence-corrected chi connectivity index (χ1v) is 8.56. The molecule has 0 saturated carbocycles. The van der Waals surface area contributed by atoms with E-state index in [0.29, 0.717) is 49.1 Å². The maximum atomic E-state index is 12.7. The number of piperazine rings is 1. The number of carbonyl (C=O) groups is 1. The number of aryl methyl sites for hydroxylation is 3. The van der Waals surface area contributed by atoms with Crippen LogP contribution in [0.5, 0.6) is 0 Å². The van der Waals surface area contributed by atoms with Crippen molar-refractivity contribution in [1.29, 1.82) is 0 Å². The van der Waals surface area contributed by atoms with E-state index in [2.05, 4.69) is 25.3 Å². The zero-order valence-electron chi connectivity index (χ0n) is 15.2. The number of carbonyl (C=O) groups excluding carboxylic acids is 1. The third kappa shape index (κ3) is 3.57. The van der Waals surface area contributed by atoms with Crippen molar-refractivity contribution in [3.05, 3.63) is 28.8 Å². The van der Waals surface area contributed by atoms with Crippen LogP contribution in [0.2, 0.25) is 0 Å². The highest BCUT2D eigenvalue weighted by atomic mass is 16.5. The molecule has 3 heterocycles. The number of hydrogen-bond acceptors (Lipinski definition) is 7. The Labute approximate surface area is 147 Å². The average molecular weight is 344 g/mol.